The van der Waals surface area contributed by atoms with Gasteiger partial charge in [-0.1, -0.05) is 110 Å². The van der Waals surface area contributed by atoms with Crippen LogP contribution in [-0.4, -0.2) is 61.5 Å². The predicted octanol–water partition coefficient (Wildman–Crippen LogP) is 11.0. The normalized spacial score (nSPS) is 17.7. The van der Waals surface area contributed by atoms with E-state index < -0.39 is 35.1 Å². The van der Waals surface area contributed by atoms with E-state index in [0.29, 0.717) is 54.4 Å². The van der Waals surface area contributed by atoms with E-state index in [4.69, 9.17) is 49.1 Å². The zero-order valence-electron chi connectivity index (χ0n) is 37.5. The molecule has 3 atom stereocenters. The minimum atomic E-state index is -2.31. The fourth-order valence-corrected chi connectivity index (χ4v) is 7.08. The van der Waals surface area contributed by atoms with Gasteiger partial charge in [0, 0.05) is 24.3 Å². The number of imidazole rings is 1. The molecule has 1 aliphatic heterocycles. The lowest BCUT2D eigenvalue weighted by Crippen LogP contribution is -2.44. The molecule has 0 radical (unpaired) electrons. The van der Waals surface area contributed by atoms with Gasteiger partial charge in [-0.15, -0.1) is 0 Å². The Morgan fingerprint density at radius 3 is 2.05 bits per heavy atom. The van der Waals surface area contributed by atoms with Crippen molar-refractivity contribution in [1.82, 2.24) is 19.5 Å². The molecule has 0 spiro atoms. The van der Waals surface area contributed by atoms with Crippen LogP contribution in [0.3, 0.4) is 0 Å². The maximum absolute atomic E-state index is 6.92. The molecule has 15 heteroatoms. The summed E-state index contributed by atoms with van der Waals surface area (Å²) in [6.45, 7) is 27.1. The first-order valence-corrected chi connectivity index (χ1v) is 26.8. The minimum Gasteiger partial charge on any atom is -0.471 e. The van der Waals surface area contributed by atoms with Crippen molar-refractivity contribution in [2.75, 3.05) is 29.5 Å². The van der Waals surface area contributed by atoms with E-state index in [1.165, 1.54) is 0 Å². The van der Waals surface area contributed by atoms with Gasteiger partial charge < -0.3 is 25.8 Å². The summed E-state index contributed by atoms with van der Waals surface area (Å²) in [7, 11) is -4.54. The fourth-order valence-electron chi connectivity index (χ4n) is 5.85. The monoisotopic (exact) mass is 855 g/mol. The first-order valence-electron chi connectivity index (χ1n) is 20.9. The molecule has 1 fully saturated rings. The molecule has 0 unspecified atom stereocenters. The van der Waals surface area contributed by atoms with Gasteiger partial charge in [0.15, 0.2) is 11.2 Å². The molecule has 324 valence electrons. The topological polar surface area (TPSA) is 149 Å². The number of hydrogen-bond acceptors (Lipinski definition) is 12. The van der Waals surface area contributed by atoms with Crippen LogP contribution in [0.1, 0.15) is 73.6 Å². The Balaban J connectivity index is 1.41. The van der Waals surface area contributed by atoms with Crippen molar-refractivity contribution in [3.05, 3.63) is 84.4 Å². The summed E-state index contributed by atoms with van der Waals surface area (Å²) in [4.78, 5) is 27.5. The molecule has 4 N–H and O–H groups in total. The first-order chi connectivity index (χ1) is 28.2. The molecular formula is C45H65N7O6Si2. The summed E-state index contributed by atoms with van der Waals surface area (Å²) in [6.07, 6.45) is -1.22. The van der Waals surface area contributed by atoms with E-state index in [2.05, 4.69) is 104 Å². The molecule has 0 amide bonds. The van der Waals surface area contributed by atoms with Crippen molar-refractivity contribution < 1.29 is 28.4 Å². The largest absolute Gasteiger partial charge is 0.471 e. The quantitative estimate of drug-likeness (QED) is 0.0354. The number of nitrogens with zero attached hydrogens (tertiary/aromatic N) is 4. The third-order valence-electron chi connectivity index (χ3n) is 11.7. The maximum atomic E-state index is 6.92. The van der Waals surface area contributed by atoms with Gasteiger partial charge in [0.05, 0.1) is 0 Å². The van der Waals surface area contributed by atoms with E-state index in [9.17, 15) is 0 Å². The maximum Gasteiger partial charge on any atom is 0.247 e. The molecule has 2 aromatic heterocycles. The van der Waals surface area contributed by atoms with Crippen LogP contribution in [-0.2, 0) is 30.3 Å². The van der Waals surface area contributed by atoms with E-state index >= 15 is 0 Å². The number of nitrogen functional groups attached to an aromatic ring is 1. The third-order valence-corrected chi connectivity index (χ3v) is 20.0. The lowest BCUT2D eigenvalue weighted by molar-refractivity contribution is -0.290. The molecule has 3 aromatic carbocycles. The van der Waals surface area contributed by atoms with Crippen molar-refractivity contribution in [2.24, 2.45) is 5.92 Å². The molecule has 3 heterocycles. The van der Waals surface area contributed by atoms with Crippen LogP contribution in [0.25, 0.3) is 22.3 Å². The van der Waals surface area contributed by atoms with Gasteiger partial charge in [-0.05, 0) is 83.1 Å². The number of nitrogens with two attached hydrogens (primary N) is 1. The molecular weight excluding hydrogens is 791 g/mol. The Morgan fingerprint density at radius 2 is 1.43 bits per heavy atom. The van der Waals surface area contributed by atoms with E-state index in [-0.39, 0.29) is 16.7 Å². The number of rotatable bonds is 17. The Hall–Kier alpha value is -4.36. The summed E-state index contributed by atoms with van der Waals surface area (Å²) in [5.74, 6) is 1.63. The molecule has 0 bridgehead atoms. The van der Waals surface area contributed by atoms with Gasteiger partial charge in [-0.3, -0.25) is 13.7 Å². The number of ether oxygens (including phenoxy) is 2. The third kappa shape index (κ3) is 10.9. The van der Waals surface area contributed by atoms with Crippen molar-refractivity contribution in [3.8, 4) is 17.0 Å². The van der Waals surface area contributed by atoms with Gasteiger partial charge in [-0.2, -0.15) is 9.97 Å². The fraction of sp³-hybridized carbons (Fsp3) is 0.489. The molecule has 5 aromatic rings. The smallest absolute Gasteiger partial charge is 0.247 e. The highest BCUT2D eigenvalue weighted by molar-refractivity contribution is 6.74. The molecule has 1 saturated heterocycles. The SMILES string of the molecule is CC(C)CNc1nc(OCc2ccccc2)c2nc(Nc3ccc(-c4ccc(N)cc4)cc3)n([C@H]3C[C@H](OO[Si](C)(C)C(C)(C)C)[C@@H](COO[Si](C)(C)C(C)(C)C)O3)c2n1. The summed E-state index contributed by atoms with van der Waals surface area (Å²) in [5, 5.41) is 6.87. The van der Waals surface area contributed by atoms with Gasteiger partial charge in [0.1, 0.15) is 31.6 Å². The summed E-state index contributed by atoms with van der Waals surface area (Å²) in [6, 6.07) is 26.0. The predicted molar refractivity (Wildman–Crippen MR) is 245 cm³/mol. The molecule has 13 nitrogen and oxygen atoms in total. The zero-order chi connectivity index (χ0) is 43.5. The minimum absolute atomic E-state index is 0.0433. The Morgan fingerprint density at radius 1 is 0.817 bits per heavy atom. The number of nitrogens with one attached hydrogen (secondary N) is 2. The lowest BCUT2D eigenvalue weighted by atomic mass is 10.1. The van der Waals surface area contributed by atoms with Gasteiger partial charge in [0.2, 0.25) is 34.4 Å². The van der Waals surface area contributed by atoms with Crippen LogP contribution < -0.4 is 21.1 Å². The second-order valence-electron chi connectivity index (χ2n) is 19.2. The molecule has 6 rings (SSSR count). The van der Waals surface area contributed by atoms with Gasteiger partial charge >= 0.3 is 0 Å². The van der Waals surface area contributed by atoms with Crippen LogP contribution >= 0.6 is 0 Å². The van der Waals surface area contributed by atoms with Crippen LogP contribution in [0.4, 0.5) is 23.3 Å². The van der Waals surface area contributed by atoms with Crippen molar-refractivity contribution >= 4 is 51.1 Å². The van der Waals surface area contributed by atoms with Gasteiger partial charge in [0.25, 0.3) is 0 Å². The summed E-state index contributed by atoms with van der Waals surface area (Å²) >= 11 is 0. The van der Waals surface area contributed by atoms with Crippen molar-refractivity contribution in [1.29, 1.82) is 0 Å². The Bertz CT molecular complexity index is 2170. The molecule has 0 aliphatic carbocycles. The zero-order valence-corrected chi connectivity index (χ0v) is 39.5. The van der Waals surface area contributed by atoms with Crippen LogP contribution in [0, 0.1) is 5.92 Å². The highest BCUT2D eigenvalue weighted by Crippen LogP contribution is 2.42. The second kappa shape index (κ2) is 18.3. The van der Waals surface area contributed by atoms with Crippen molar-refractivity contribution in [2.45, 2.75) is 123 Å². The average Bonchev–Trinajstić information content (AvgIpc) is 3.75. The Kier molecular flexibility index (Phi) is 13.8. The Labute approximate surface area is 357 Å². The number of aromatic nitrogens is 4. The van der Waals surface area contributed by atoms with Crippen LogP contribution in [0.5, 0.6) is 5.88 Å². The lowest BCUT2D eigenvalue weighted by Gasteiger charge is -2.36. The highest BCUT2D eigenvalue weighted by atomic mass is 28.4. The van der Waals surface area contributed by atoms with Gasteiger partial charge in [-0.25, -0.2) is 14.8 Å². The molecule has 0 saturated carbocycles. The standard InChI is InChI=1S/C45H65N7O6Si2/c1-30(2)27-47-42-50-40-39(41(51-42)53-28-31-16-14-13-15-17-31)49-43(48-35-24-20-33(21-25-35)32-18-22-34(46)23-19-32)52(40)38-26-36(56-58-60(11,12)45(6,7)8)37(55-38)29-54-57-59(9,10)44(3,4)5/h13-25,30,36-38H,26-29,46H2,1-12H3,(H,48,49)(H,47,50,51)/t36-,37+,38+/m0/s1. The number of benzene rings is 3. The van der Waals surface area contributed by atoms with Crippen LogP contribution in [0.2, 0.25) is 36.3 Å². The van der Waals surface area contributed by atoms with Crippen LogP contribution in [0.15, 0.2) is 78.9 Å². The highest BCUT2D eigenvalue weighted by Gasteiger charge is 2.45. The average molecular weight is 856 g/mol. The summed E-state index contributed by atoms with van der Waals surface area (Å²) in [5.41, 5.74) is 11.6. The first kappa shape index (κ1) is 45.2. The number of fused-ring (bicyclic) bond motifs is 1. The second-order valence-corrected chi connectivity index (χ2v) is 28.5. The molecule has 1 aliphatic rings. The van der Waals surface area contributed by atoms with Crippen molar-refractivity contribution in [3.63, 3.8) is 0 Å². The van der Waals surface area contributed by atoms with E-state index in [0.717, 1.165) is 28.1 Å². The van der Waals surface area contributed by atoms with E-state index in [1.807, 2.05) is 71.3 Å². The van der Waals surface area contributed by atoms with E-state index in [1.54, 1.807) is 0 Å². The number of anilines is 4. The molecule has 60 heavy (non-hydrogen) atoms. The summed E-state index contributed by atoms with van der Waals surface area (Å²) < 4.78 is 27.9. The number of hydrogen-bond donors (Lipinski definition) is 3.